The van der Waals surface area contributed by atoms with Gasteiger partial charge in [0, 0.05) is 50.7 Å². The van der Waals surface area contributed by atoms with Crippen LogP contribution >= 0.6 is 11.3 Å². The minimum Gasteiger partial charge on any atom is -0.465 e. The van der Waals surface area contributed by atoms with Crippen molar-refractivity contribution in [3.63, 3.8) is 0 Å². The van der Waals surface area contributed by atoms with Crippen LogP contribution in [-0.4, -0.2) is 84.1 Å². The van der Waals surface area contributed by atoms with Crippen LogP contribution in [0.1, 0.15) is 74.5 Å². The number of unbranched alkanes of at least 4 members (excludes halogenated alkanes) is 2. The van der Waals surface area contributed by atoms with Crippen LogP contribution in [0.4, 0.5) is 5.69 Å². The number of aliphatic hydroxyl groups is 1. The number of carbonyl (C=O) groups excluding carboxylic acids is 4. The number of likely N-dealkylation sites (tertiary alicyclic amines) is 1. The Morgan fingerprint density at radius 2 is 1.76 bits per heavy atom. The maximum atomic E-state index is 13.9. The summed E-state index contributed by atoms with van der Waals surface area (Å²) in [5.41, 5.74) is 5.64. The molecule has 1 aromatic heterocycles. The topological polar surface area (TPSA) is 147 Å². The molecule has 2 aromatic carbocycles. The first-order chi connectivity index (χ1) is 23.9. The number of esters is 1. The van der Waals surface area contributed by atoms with E-state index < -0.39 is 23.5 Å². The largest absolute Gasteiger partial charge is 0.465 e. The smallest absolute Gasteiger partial charge is 0.337 e. The molecule has 11 nitrogen and oxygen atoms in total. The van der Waals surface area contributed by atoms with Gasteiger partial charge in [-0.05, 0) is 67.0 Å². The molecule has 0 spiro atoms. The summed E-state index contributed by atoms with van der Waals surface area (Å²) >= 11 is 1.58. The van der Waals surface area contributed by atoms with Gasteiger partial charge < -0.3 is 30.1 Å². The molecule has 3 atom stereocenters. The summed E-state index contributed by atoms with van der Waals surface area (Å²) < 4.78 is 10.4. The van der Waals surface area contributed by atoms with E-state index >= 15 is 0 Å². The van der Waals surface area contributed by atoms with E-state index in [0.29, 0.717) is 12.2 Å². The predicted molar refractivity (Wildman–Crippen MR) is 194 cm³/mol. The monoisotopic (exact) mass is 706 g/mol. The molecule has 2 heterocycles. The number of amides is 2. The van der Waals surface area contributed by atoms with Crippen molar-refractivity contribution in [1.29, 1.82) is 0 Å². The molecule has 3 N–H and O–H groups in total. The van der Waals surface area contributed by atoms with E-state index in [9.17, 15) is 24.3 Å². The highest BCUT2D eigenvalue weighted by Gasteiger charge is 2.44. The van der Waals surface area contributed by atoms with Crippen molar-refractivity contribution in [2.75, 3.05) is 38.7 Å². The summed E-state index contributed by atoms with van der Waals surface area (Å²) in [7, 11) is 1.35. The molecule has 4 rings (SSSR count). The molecule has 3 aromatic rings. The van der Waals surface area contributed by atoms with E-state index in [0.717, 1.165) is 53.2 Å². The minimum absolute atomic E-state index is 0.00641. The summed E-state index contributed by atoms with van der Waals surface area (Å²) in [5.74, 6) is -1.85. The van der Waals surface area contributed by atoms with Crippen molar-refractivity contribution in [2.24, 2.45) is 11.3 Å². The number of carbonyl (C=O) groups is 4. The summed E-state index contributed by atoms with van der Waals surface area (Å²) in [6, 6.07) is 14.2. The Morgan fingerprint density at radius 1 is 1.04 bits per heavy atom. The van der Waals surface area contributed by atoms with E-state index in [-0.39, 0.29) is 56.1 Å². The zero-order valence-electron chi connectivity index (χ0n) is 29.7. The molecule has 0 aliphatic carbocycles. The van der Waals surface area contributed by atoms with Gasteiger partial charge in [-0.3, -0.25) is 14.4 Å². The average molecular weight is 707 g/mol. The molecule has 0 radical (unpaired) electrons. The molecule has 12 heteroatoms. The van der Waals surface area contributed by atoms with Gasteiger partial charge in [0.25, 0.3) is 0 Å². The van der Waals surface area contributed by atoms with Gasteiger partial charge in [-0.25, -0.2) is 9.78 Å². The van der Waals surface area contributed by atoms with Gasteiger partial charge in [-0.2, -0.15) is 0 Å². The van der Waals surface area contributed by atoms with Crippen LogP contribution in [0.5, 0.6) is 0 Å². The van der Waals surface area contributed by atoms with Gasteiger partial charge in [0.2, 0.25) is 11.8 Å². The standard InChI is InChI=1S/C38H50N4O7S/c1-25-34(50-24-41-25)27-11-9-26(10-12-27)21-40-35(45)33-20-30(43)22-42(33)36(46)32(38(2,3)4)19-31(44)23-49-18-8-6-7-17-39-29-15-13-28(14-16-29)37(47)48-5/h9-16,24,30,32-33,39,43H,6-8,17-23H2,1-5H3,(H,40,45)/t30-,32-,33+/m1/s1. The van der Waals surface area contributed by atoms with Crippen molar-refractivity contribution in [2.45, 2.75) is 78.5 Å². The predicted octanol–water partition coefficient (Wildman–Crippen LogP) is 5.40. The van der Waals surface area contributed by atoms with Crippen LogP contribution in [-0.2, 0) is 30.4 Å². The number of hydrogen-bond donors (Lipinski definition) is 3. The number of aryl methyl sites for hydroxylation is 1. The van der Waals surface area contributed by atoms with Gasteiger partial charge in [0.15, 0.2) is 5.78 Å². The molecule has 1 aliphatic heterocycles. The number of methoxy groups -OCH3 is 1. The second-order valence-corrected chi connectivity index (χ2v) is 14.7. The number of nitrogens with one attached hydrogen (secondary N) is 2. The minimum atomic E-state index is -0.821. The number of β-amino-alcohol motifs (C(OH)–C–C–N with tert-alkyl or cyclic N) is 1. The lowest BCUT2D eigenvalue weighted by Crippen LogP contribution is -2.50. The number of rotatable bonds is 17. The quantitative estimate of drug-likeness (QED) is 0.124. The van der Waals surface area contributed by atoms with Crippen molar-refractivity contribution in [3.05, 3.63) is 70.9 Å². The molecule has 1 fully saturated rings. The summed E-state index contributed by atoms with van der Waals surface area (Å²) in [6.45, 7) is 9.14. The Morgan fingerprint density at radius 3 is 2.40 bits per heavy atom. The second-order valence-electron chi connectivity index (χ2n) is 13.8. The normalized spacial score (nSPS) is 16.6. The molecule has 270 valence electrons. The van der Waals surface area contributed by atoms with Gasteiger partial charge in [0.1, 0.15) is 12.6 Å². The first kappa shape index (κ1) is 38.7. The summed E-state index contributed by atoms with van der Waals surface area (Å²) in [5, 5.41) is 16.7. The van der Waals surface area contributed by atoms with Crippen molar-refractivity contribution >= 4 is 40.6 Å². The molecule has 50 heavy (non-hydrogen) atoms. The third-order valence-corrected chi connectivity index (χ3v) is 9.91. The number of ether oxygens (including phenoxy) is 2. The number of benzene rings is 2. The lowest BCUT2D eigenvalue weighted by Gasteiger charge is -2.34. The van der Waals surface area contributed by atoms with Crippen molar-refractivity contribution in [3.8, 4) is 10.4 Å². The zero-order chi connectivity index (χ0) is 36.3. The van der Waals surface area contributed by atoms with Crippen molar-refractivity contribution in [1.82, 2.24) is 15.2 Å². The number of aliphatic hydroxyl groups excluding tert-OH is 1. The van der Waals surface area contributed by atoms with Gasteiger partial charge in [0.05, 0.1) is 34.9 Å². The van der Waals surface area contributed by atoms with Crippen LogP contribution in [0.25, 0.3) is 10.4 Å². The average Bonchev–Trinajstić information content (AvgIpc) is 3.71. The SMILES string of the molecule is COC(=O)c1ccc(NCCCCCOCC(=O)C[C@H](C(=O)N2C[C@H](O)C[C@H]2C(=O)NCc2ccc(-c3scnc3C)cc2)C(C)(C)C)cc1. The van der Waals surface area contributed by atoms with E-state index in [1.807, 2.05) is 69.6 Å². The first-order valence-corrected chi connectivity index (χ1v) is 18.0. The fourth-order valence-corrected chi connectivity index (χ4v) is 6.79. The molecule has 1 saturated heterocycles. The number of nitrogens with zero attached hydrogens (tertiary/aromatic N) is 2. The van der Waals surface area contributed by atoms with Crippen LogP contribution in [0.15, 0.2) is 54.0 Å². The highest BCUT2D eigenvalue weighted by atomic mass is 32.1. The Kier molecular flexibility index (Phi) is 14.1. The molecule has 0 bridgehead atoms. The highest BCUT2D eigenvalue weighted by molar-refractivity contribution is 7.13. The molecule has 2 amide bonds. The van der Waals surface area contributed by atoms with Gasteiger partial charge >= 0.3 is 5.97 Å². The summed E-state index contributed by atoms with van der Waals surface area (Å²) in [4.78, 5) is 58.6. The summed E-state index contributed by atoms with van der Waals surface area (Å²) in [6.07, 6.45) is 1.92. The Balaban J connectivity index is 1.20. The lowest BCUT2D eigenvalue weighted by molar-refractivity contribution is -0.146. The lowest BCUT2D eigenvalue weighted by atomic mass is 9.77. The van der Waals surface area contributed by atoms with Crippen LogP contribution < -0.4 is 10.6 Å². The molecule has 0 unspecified atom stereocenters. The molecule has 1 aliphatic rings. The van der Waals surface area contributed by atoms with E-state index in [1.54, 1.807) is 23.5 Å². The number of anilines is 1. The van der Waals surface area contributed by atoms with Crippen molar-refractivity contribution < 1.29 is 33.8 Å². The third-order valence-electron chi connectivity index (χ3n) is 8.93. The van der Waals surface area contributed by atoms with Gasteiger partial charge in [-0.15, -0.1) is 11.3 Å². The highest BCUT2D eigenvalue weighted by Crippen LogP contribution is 2.33. The fraction of sp³-hybridized carbons (Fsp3) is 0.500. The number of aromatic nitrogens is 1. The molecule has 0 saturated carbocycles. The van der Waals surface area contributed by atoms with Gasteiger partial charge in [-0.1, -0.05) is 45.0 Å². The number of thiazole rings is 1. The third kappa shape index (κ3) is 10.9. The van der Waals surface area contributed by atoms with E-state index in [1.165, 1.54) is 12.0 Å². The van der Waals surface area contributed by atoms with Crippen LogP contribution in [0, 0.1) is 18.3 Å². The number of ketones is 1. The fourth-order valence-electron chi connectivity index (χ4n) is 5.98. The maximum Gasteiger partial charge on any atom is 0.337 e. The Bertz CT molecular complexity index is 1580. The number of Topliss-reactive ketones (excluding diaryl/α,β-unsaturated/α-hetero) is 1. The van der Waals surface area contributed by atoms with Crippen LogP contribution in [0.2, 0.25) is 0 Å². The molecular weight excluding hydrogens is 657 g/mol. The van der Waals surface area contributed by atoms with Crippen LogP contribution in [0.3, 0.4) is 0 Å². The van der Waals surface area contributed by atoms with E-state index in [4.69, 9.17) is 9.47 Å². The zero-order valence-corrected chi connectivity index (χ0v) is 30.5. The maximum absolute atomic E-state index is 13.9. The first-order valence-electron chi connectivity index (χ1n) is 17.1. The Labute approximate surface area is 298 Å². The number of hydrogen-bond acceptors (Lipinski definition) is 10. The Hall–Kier alpha value is -4.13. The molecular formula is C38H50N4O7S. The van der Waals surface area contributed by atoms with E-state index in [2.05, 4.69) is 15.6 Å². The second kappa shape index (κ2) is 18.2.